The lowest BCUT2D eigenvalue weighted by Crippen LogP contribution is -2.28. The van der Waals surface area contributed by atoms with E-state index in [9.17, 15) is 4.79 Å². The first kappa shape index (κ1) is 22.0. The Kier molecular flexibility index (Phi) is 7.26. The first-order valence-electron chi connectivity index (χ1n) is 9.99. The molecule has 2 atom stereocenters. The average molecular weight is 427 g/mol. The third-order valence-electron chi connectivity index (χ3n) is 5.34. The van der Waals surface area contributed by atoms with E-state index >= 15 is 0 Å². The molecule has 2 aromatic carbocycles. The Labute approximate surface area is 183 Å². The van der Waals surface area contributed by atoms with Crippen LogP contribution in [0.15, 0.2) is 66.9 Å². The van der Waals surface area contributed by atoms with Crippen LogP contribution in [0.1, 0.15) is 34.5 Å². The number of aromatic nitrogens is 2. The minimum Gasteiger partial charge on any atom is -0.461 e. The van der Waals surface area contributed by atoms with Crippen LogP contribution < -0.4 is 5.73 Å². The van der Waals surface area contributed by atoms with Crippen LogP contribution in [0.3, 0.4) is 0 Å². The summed E-state index contributed by atoms with van der Waals surface area (Å²) in [6, 6.07) is 20.2. The Morgan fingerprint density at radius 1 is 1.10 bits per heavy atom. The number of rotatable bonds is 6. The molecule has 4 rings (SSSR count). The van der Waals surface area contributed by atoms with Crippen molar-refractivity contribution in [2.24, 2.45) is 5.73 Å². The van der Waals surface area contributed by atoms with Crippen molar-refractivity contribution >= 4 is 18.4 Å². The Balaban J connectivity index is 0.00000256. The normalized spacial score (nSPS) is 18.7. The molecule has 7 heteroatoms. The highest BCUT2D eigenvalue weighted by atomic mass is 35.5. The number of carbonyl (C=O) groups is 1. The van der Waals surface area contributed by atoms with Gasteiger partial charge in [0.05, 0.1) is 12.3 Å². The van der Waals surface area contributed by atoms with Gasteiger partial charge in [0, 0.05) is 43.4 Å². The van der Waals surface area contributed by atoms with Crippen molar-refractivity contribution in [2.75, 3.05) is 19.7 Å². The Bertz CT molecular complexity index is 962. The molecule has 1 aliphatic heterocycles. The van der Waals surface area contributed by atoms with Crippen LogP contribution in [0.5, 0.6) is 0 Å². The van der Waals surface area contributed by atoms with E-state index in [4.69, 9.17) is 10.5 Å². The van der Waals surface area contributed by atoms with Crippen molar-refractivity contribution in [1.29, 1.82) is 0 Å². The zero-order chi connectivity index (χ0) is 20.2. The molecule has 1 aromatic heterocycles. The Hall–Kier alpha value is -2.67. The summed E-state index contributed by atoms with van der Waals surface area (Å²) < 4.78 is 6.98. The van der Waals surface area contributed by atoms with Gasteiger partial charge in [-0.1, -0.05) is 48.5 Å². The van der Waals surface area contributed by atoms with Gasteiger partial charge in [0.15, 0.2) is 5.69 Å². The number of hydrogen-bond donors (Lipinski definition) is 1. The summed E-state index contributed by atoms with van der Waals surface area (Å²) in [5, 5.41) is 4.52. The topological polar surface area (TPSA) is 73.4 Å². The van der Waals surface area contributed by atoms with Gasteiger partial charge < -0.3 is 10.5 Å². The zero-order valence-electron chi connectivity index (χ0n) is 17.0. The number of likely N-dealkylation sites (tertiary alicyclic amines) is 1. The molecule has 2 N–H and O–H groups in total. The first-order valence-corrected chi connectivity index (χ1v) is 9.99. The predicted molar refractivity (Wildman–Crippen MR) is 119 cm³/mol. The maximum absolute atomic E-state index is 12.5. The lowest BCUT2D eigenvalue weighted by molar-refractivity contribution is 0.0516. The van der Waals surface area contributed by atoms with E-state index in [1.165, 1.54) is 5.56 Å². The van der Waals surface area contributed by atoms with E-state index in [-0.39, 0.29) is 30.3 Å². The SMILES string of the molecule is CCOC(=O)c1nn(-c2ccccc2)cc1CN1C[C@@H](N)[C@H](c2ccccc2)C1.Cl. The second kappa shape index (κ2) is 9.89. The van der Waals surface area contributed by atoms with Gasteiger partial charge in [0.25, 0.3) is 0 Å². The number of ether oxygens (including phenoxy) is 1. The molecular weight excluding hydrogens is 400 g/mol. The van der Waals surface area contributed by atoms with Crippen molar-refractivity contribution in [3.63, 3.8) is 0 Å². The fraction of sp³-hybridized carbons (Fsp3) is 0.304. The van der Waals surface area contributed by atoms with Crippen LogP contribution in [0.25, 0.3) is 5.69 Å². The molecule has 0 spiro atoms. The van der Waals surface area contributed by atoms with Crippen LogP contribution in [0, 0.1) is 0 Å². The van der Waals surface area contributed by atoms with Crippen molar-refractivity contribution in [1.82, 2.24) is 14.7 Å². The summed E-state index contributed by atoms with van der Waals surface area (Å²) in [6.07, 6.45) is 1.92. The summed E-state index contributed by atoms with van der Waals surface area (Å²) in [5.41, 5.74) is 9.83. The second-order valence-corrected chi connectivity index (χ2v) is 7.38. The zero-order valence-corrected chi connectivity index (χ0v) is 17.8. The van der Waals surface area contributed by atoms with Gasteiger partial charge in [0.1, 0.15) is 0 Å². The number of benzene rings is 2. The molecule has 30 heavy (non-hydrogen) atoms. The van der Waals surface area contributed by atoms with Gasteiger partial charge in [0.2, 0.25) is 0 Å². The van der Waals surface area contributed by atoms with Gasteiger partial charge in [-0.15, -0.1) is 12.4 Å². The molecular formula is C23H27ClN4O2. The Morgan fingerprint density at radius 3 is 2.43 bits per heavy atom. The third kappa shape index (κ3) is 4.73. The van der Waals surface area contributed by atoms with Crippen LogP contribution >= 0.6 is 12.4 Å². The van der Waals surface area contributed by atoms with E-state index in [0.717, 1.165) is 24.3 Å². The molecule has 158 valence electrons. The largest absolute Gasteiger partial charge is 0.461 e. The molecule has 0 bridgehead atoms. The maximum atomic E-state index is 12.5. The monoisotopic (exact) mass is 426 g/mol. The standard InChI is InChI=1S/C23H26N4O2.ClH/c1-2-29-23(28)22-18(14-27(25-22)19-11-7-4-8-12-19)13-26-15-20(21(24)16-26)17-9-5-3-6-10-17;/h3-12,14,20-21H,2,13,15-16,24H2,1H3;1H/t20-,21+;/m0./s1. The molecule has 0 unspecified atom stereocenters. The van der Waals surface area contributed by atoms with E-state index < -0.39 is 0 Å². The van der Waals surface area contributed by atoms with Crippen LogP contribution in [0.2, 0.25) is 0 Å². The van der Waals surface area contributed by atoms with Crippen molar-refractivity contribution < 1.29 is 9.53 Å². The van der Waals surface area contributed by atoms with Crippen molar-refractivity contribution in [2.45, 2.75) is 25.4 Å². The third-order valence-corrected chi connectivity index (χ3v) is 5.34. The number of nitrogens with two attached hydrogens (primary N) is 1. The van der Waals surface area contributed by atoms with Gasteiger partial charge in [-0.25, -0.2) is 9.48 Å². The summed E-state index contributed by atoms with van der Waals surface area (Å²) in [5.74, 6) is -0.105. The highest BCUT2D eigenvalue weighted by Gasteiger charge is 2.32. The minimum atomic E-state index is -0.389. The lowest BCUT2D eigenvalue weighted by Gasteiger charge is -2.15. The highest BCUT2D eigenvalue weighted by molar-refractivity contribution is 5.88. The summed E-state index contributed by atoms with van der Waals surface area (Å²) in [4.78, 5) is 14.8. The van der Waals surface area contributed by atoms with Crippen molar-refractivity contribution in [3.05, 3.63) is 83.7 Å². The molecule has 1 saturated heterocycles. The molecule has 6 nitrogen and oxygen atoms in total. The van der Waals surface area contributed by atoms with Crippen LogP contribution in [-0.2, 0) is 11.3 Å². The minimum absolute atomic E-state index is 0. The lowest BCUT2D eigenvalue weighted by atomic mass is 9.95. The van der Waals surface area contributed by atoms with E-state index in [2.05, 4.69) is 22.1 Å². The molecule has 0 saturated carbocycles. The molecule has 2 heterocycles. The molecule has 0 radical (unpaired) electrons. The second-order valence-electron chi connectivity index (χ2n) is 7.38. The summed E-state index contributed by atoms with van der Waals surface area (Å²) in [6.45, 7) is 4.36. The number of nitrogens with zero attached hydrogens (tertiary/aromatic N) is 3. The van der Waals surface area contributed by atoms with Gasteiger partial charge in [-0.2, -0.15) is 5.10 Å². The number of hydrogen-bond acceptors (Lipinski definition) is 5. The number of halogens is 1. The summed E-state index contributed by atoms with van der Waals surface area (Å²) >= 11 is 0. The van der Waals surface area contributed by atoms with E-state index in [1.54, 1.807) is 11.6 Å². The fourth-order valence-electron chi connectivity index (χ4n) is 3.95. The molecule has 1 aliphatic rings. The average Bonchev–Trinajstić information content (AvgIpc) is 3.33. The van der Waals surface area contributed by atoms with Crippen LogP contribution in [-0.4, -0.2) is 46.4 Å². The smallest absolute Gasteiger partial charge is 0.359 e. The van der Waals surface area contributed by atoms with Gasteiger partial charge in [-0.3, -0.25) is 4.90 Å². The van der Waals surface area contributed by atoms with Crippen LogP contribution in [0.4, 0.5) is 0 Å². The Morgan fingerprint density at radius 2 is 1.77 bits per heavy atom. The highest BCUT2D eigenvalue weighted by Crippen LogP contribution is 2.28. The first-order chi connectivity index (χ1) is 14.2. The molecule has 0 amide bonds. The number of carbonyl (C=O) groups excluding carboxylic acids is 1. The number of esters is 1. The van der Waals surface area contributed by atoms with E-state index in [0.29, 0.717) is 18.8 Å². The molecule has 3 aromatic rings. The maximum Gasteiger partial charge on any atom is 0.359 e. The van der Waals surface area contributed by atoms with Crippen molar-refractivity contribution in [3.8, 4) is 5.69 Å². The fourth-order valence-corrected chi connectivity index (χ4v) is 3.95. The van der Waals surface area contributed by atoms with E-state index in [1.807, 2.05) is 54.7 Å². The van der Waals surface area contributed by atoms with Gasteiger partial charge >= 0.3 is 5.97 Å². The number of para-hydroxylation sites is 1. The quantitative estimate of drug-likeness (QED) is 0.611. The summed E-state index contributed by atoms with van der Waals surface area (Å²) in [7, 11) is 0. The molecule has 1 fully saturated rings. The molecule has 0 aliphatic carbocycles. The van der Waals surface area contributed by atoms with Gasteiger partial charge in [-0.05, 0) is 24.6 Å². The predicted octanol–water partition coefficient (Wildman–Crippen LogP) is 3.40.